The quantitative estimate of drug-likeness (QED) is 0.846. The second kappa shape index (κ2) is 7.03. The molecule has 5 heteroatoms. The summed E-state index contributed by atoms with van der Waals surface area (Å²) < 4.78 is 13.3. The Kier molecular flexibility index (Phi) is 5.36. The van der Waals surface area contributed by atoms with Crippen LogP contribution in [0.3, 0.4) is 0 Å². The SMILES string of the molecule is CCNC(Cc1ccn(C(C)C)n1)C1COCCO1. The van der Waals surface area contributed by atoms with Crippen LogP contribution in [0.5, 0.6) is 0 Å². The molecule has 0 radical (unpaired) electrons. The third kappa shape index (κ3) is 4.03. The Balaban J connectivity index is 1.98. The molecule has 0 aromatic carbocycles. The van der Waals surface area contributed by atoms with Crippen molar-refractivity contribution in [1.82, 2.24) is 15.1 Å². The standard InChI is InChI=1S/C14H25N3O2/c1-4-15-13(14-10-18-7-8-19-14)9-12-5-6-17(16-12)11(2)3/h5-6,11,13-15H,4,7-10H2,1-3H3. The molecule has 1 aliphatic rings. The molecule has 1 N–H and O–H groups in total. The largest absolute Gasteiger partial charge is 0.376 e. The van der Waals surface area contributed by atoms with Gasteiger partial charge in [0.15, 0.2) is 0 Å². The summed E-state index contributed by atoms with van der Waals surface area (Å²) in [4.78, 5) is 0. The minimum absolute atomic E-state index is 0.123. The van der Waals surface area contributed by atoms with Crippen LogP contribution in [0.4, 0.5) is 0 Å². The van der Waals surface area contributed by atoms with Crippen LogP contribution in [0.15, 0.2) is 12.3 Å². The molecule has 0 saturated carbocycles. The van der Waals surface area contributed by atoms with E-state index in [2.05, 4.69) is 37.3 Å². The van der Waals surface area contributed by atoms with Crippen molar-refractivity contribution in [1.29, 1.82) is 0 Å². The van der Waals surface area contributed by atoms with Gasteiger partial charge in [0.05, 0.1) is 31.6 Å². The number of likely N-dealkylation sites (N-methyl/N-ethyl adjacent to an activating group) is 1. The molecule has 0 bridgehead atoms. The molecule has 5 nitrogen and oxygen atoms in total. The first kappa shape index (κ1) is 14.5. The van der Waals surface area contributed by atoms with Gasteiger partial charge < -0.3 is 14.8 Å². The summed E-state index contributed by atoms with van der Waals surface area (Å²) in [6.07, 6.45) is 3.04. The molecule has 2 atom stereocenters. The fourth-order valence-electron chi connectivity index (χ4n) is 2.33. The maximum absolute atomic E-state index is 5.80. The lowest BCUT2D eigenvalue weighted by Crippen LogP contribution is -2.48. The molecule has 19 heavy (non-hydrogen) atoms. The van der Waals surface area contributed by atoms with Gasteiger partial charge in [0.1, 0.15) is 0 Å². The van der Waals surface area contributed by atoms with Crippen LogP contribution in [-0.2, 0) is 15.9 Å². The summed E-state index contributed by atoms with van der Waals surface area (Å²) >= 11 is 0. The van der Waals surface area contributed by atoms with Gasteiger partial charge in [0.2, 0.25) is 0 Å². The van der Waals surface area contributed by atoms with E-state index in [-0.39, 0.29) is 12.1 Å². The average molecular weight is 267 g/mol. The Morgan fingerprint density at radius 2 is 2.32 bits per heavy atom. The second-order valence-electron chi connectivity index (χ2n) is 5.23. The normalized spacial score (nSPS) is 21.8. The van der Waals surface area contributed by atoms with Crippen LogP contribution in [0, 0.1) is 0 Å². The molecular weight excluding hydrogens is 242 g/mol. The van der Waals surface area contributed by atoms with Gasteiger partial charge in [-0.1, -0.05) is 6.92 Å². The van der Waals surface area contributed by atoms with Crippen molar-refractivity contribution < 1.29 is 9.47 Å². The zero-order chi connectivity index (χ0) is 13.7. The molecule has 2 heterocycles. The first-order chi connectivity index (χ1) is 9.20. The predicted molar refractivity (Wildman–Crippen MR) is 74.3 cm³/mol. The first-order valence-corrected chi connectivity index (χ1v) is 7.17. The van der Waals surface area contributed by atoms with E-state index >= 15 is 0 Å². The molecule has 2 rings (SSSR count). The van der Waals surface area contributed by atoms with Crippen LogP contribution in [-0.4, -0.2) is 48.3 Å². The Morgan fingerprint density at radius 3 is 2.89 bits per heavy atom. The lowest BCUT2D eigenvalue weighted by atomic mass is 10.1. The van der Waals surface area contributed by atoms with E-state index in [1.807, 2.05) is 10.9 Å². The molecule has 1 aliphatic heterocycles. The molecule has 1 aromatic rings. The number of ether oxygens (including phenoxy) is 2. The van der Waals surface area contributed by atoms with E-state index in [1.165, 1.54) is 0 Å². The summed E-state index contributed by atoms with van der Waals surface area (Å²) in [7, 11) is 0. The van der Waals surface area contributed by atoms with Crippen LogP contribution in [0.25, 0.3) is 0 Å². The van der Waals surface area contributed by atoms with Gasteiger partial charge >= 0.3 is 0 Å². The van der Waals surface area contributed by atoms with Crippen molar-refractivity contribution in [3.05, 3.63) is 18.0 Å². The van der Waals surface area contributed by atoms with Crippen molar-refractivity contribution in [2.45, 2.75) is 45.4 Å². The zero-order valence-electron chi connectivity index (χ0n) is 12.1. The Morgan fingerprint density at radius 1 is 1.47 bits per heavy atom. The molecule has 0 amide bonds. The highest BCUT2D eigenvalue weighted by Gasteiger charge is 2.25. The zero-order valence-corrected chi connectivity index (χ0v) is 12.1. The average Bonchev–Trinajstić information content (AvgIpc) is 2.88. The van der Waals surface area contributed by atoms with E-state index in [9.17, 15) is 0 Å². The highest BCUT2D eigenvalue weighted by Crippen LogP contribution is 2.12. The molecule has 1 fully saturated rings. The van der Waals surface area contributed by atoms with Gasteiger partial charge in [-0.3, -0.25) is 4.68 Å². The van der Waals surface area contributed by atoms with E-state index in [0.717, 1.165) is 18.7 Å². The highest BCUT2D eigenvalue weighted by atomic mass is 16.6. The van der Waals surface area contributed by atoms with Crippen molar-refractivity contribution in [2.24, 2.45) is 0 Å². The van der Waals surface area contributed by atoms with Crippen LogP contribution in [0.1, 0.15) is 32.5 Å². The molecule has 0 spiro atoms. The summed E-state index contributed by atoms with van der Waals surface area (Å²) in [5.41, 5.74) is 1.11. The maximum Gasteiger partial charge on any atom is 0.0965 e. The molecule has 2 unspecified atom stereocenters. The molecule has 0 aliphatic carbocycles. The second-order valence-corrected chi connectivity index (χ2v) is 5.23. The fourth-order valence-corrected chi connectivity index (χ4v) is 2.33. The van der Waals surface area contributed by atoms with Gasteiger partial charge in [0.25, 0.3) is 0 Å². The molecule has 1 saturated heterocycles. The van der Waals surface area contributed by atoms with Crippen molar-refractivity contribution in [3.8, 4) is 0 Å². The number of aromatic nitrogens is 2. The van der Waals surface area contributed by atoms with Crippen molar-refractivity contribution in [2.75, 3.05) is 26.4 Å². The van der Waals surface area contributed by atoms with Crippen LogP contribution < -0.4 is 5.32 Å². The van der Waals surface area contributed by atoms with Gasteiger partial charge in [0, 0.05) is 24.7 Å². The van der Waals surface area contributed by atoms with Crippen molar-refractivity contribution >= 4 is 0 Å². The molecular formula is C14H25N3O2. The maximum atomic E-state index is 5.80. The molecule has 108 valence electrons. The Labute approximate surface area is 115 Å². The fraction of sp³-hybridized carbons (Fsp3) is 0.786. The van der Waals surface area contributed by atoms with Gasteiger partial charge in [-0.15, -0.1) is 0 Å². The Hall–Kier alpha value is -0.910. The first-order valence-electron chi connectivity index (χ1n) is 7.17. The Bertz CT molecular complexity index is 373. The van der Waals surface area contributed by atoms with E-state index in [4.69, 9.17) is 9.47 Å². The van der Waals surface area contributed by atoms with Gasteiger partial charge in [-0.2, -0.15) is 5.10 Å². The van der Waals surface area contributed by atoms with Gasteiger partial charge in [-0.25, -0.2) is 0 Å². The number of hydrogen-bond acceptors (Lipinski definition) is 4. The minimum atomic E-state index is 0.123. The smallest absolute Gasteiger partial charge is 0.0965 e. The number of hydrogen-bond donors (Lipinski definition) is 1. The van der Waals surface area contributed by atoms with Gasteiger partial charge in [-0.05, 0) is 26.5 Å². The van der Waals surface area contributed by atoms with Crippen LogP contribution >= 0.6 is 0 Å². The minimum Gasteiger partial charge on any atom is -0.376 e. The number of rotatable bonds is 6. The van der Waals surface area contributed by atoms with E-state index < -0.39 is 0 Å². The predicted octanol–water partition coefficient (Wildman–Crippen LogP) is 1.40. The third-order valence-corrected chi connectivity index (χ3v) is 3.38. The molecule has 1 aromatic heterocycles. The lowest BCUT2D eigenvalue weighted by Gasteiger charge is -2.30. The third-order valence-electron chi connectivity index (χ3n) is 3.38. The van der Waals surface area contributed by atoms with E-state index in [1.54, 1.807) is 0 Å². The summed E-state index contributed by atoms with van der Waals surface area (Å²) in [6, 6.07) is 2.76. The lowest BCUT2D eigenvalue weighted by molar-refractivity contribution is -0.101. The number of nitrogens with zero attached hydrogens (tertiary/aromatic N) is 2. The summed E-state index contributed by atoms with van der Waals surface area (Å²) in [6.45, 7) is 9.37. The van der Waals surface area contributed by atoms with Crippen LogP contribution in [0.2, 0.25) is 0 Å². The highest BCUT2D eigenvalue weighted by molar-refractivity contribution is 5.03. The van der Waals surface area contributed by atoms with Crippen molar-refractivity contribution in [3.63, 3.8) is 0 Å². The van der Waals surface area contributed by atoms with E-state index in [0.29, 0.717) is 25.9 Å². The monoisotopic (exact) mass is 267 g/mol. The topological polar surface area (TPSA) is 48.3 Å². The summed E-state index contributed by atoms with van der Waals surface area (Å²) in [5.74, 6) is 0. The number of nitrogens with one attached hydrogen (secondary N) is 1. The summed E-state index contributed by atoms with van der Waals surface area (Å²) in [5, 5.41) is 8.09.